The Balaban J connectivity index is 2.26. The zero-order valence-corrected chi connectivity index (χ0v) is 9.87. The van der Waals surface area contributed by atoms with E-state index in [1.54, 1.807) is 19.9 Å². The maximum absolute atomic E-state index is 11.2. The number of allylic oxidation sites excluding steroid dienone is 1. The molecule has 0 aromatic heterocycles. The number of carbonyl (C=O) groups excluding carboxylic acids is 1. The Kier molecular flexibility index (Phi) is 2.31. The van der Waals surface area contributed by atoms with Gasteiger partial charge in [0.15, 0.2) is 4.87 Å². The van der Waals surface area contributed by atoms with Gasteiger partial charge in [-0.3, -0.25) is 4.79 Å². The van der Waals surface area contributed by atoms with Gasteiger partial charge in [0.05, 0.1) is 6.61 Å². The molecule has 0 bridgehead atoms. The summed E-state index contributed by atoms with van der Waals surface area (Å²) < 4.78 is 4.79. The molecule has 1 saturated carbocycles. The zero-order chi connectivity index (χ0) is 12.1. The van der Waals surface area contributed by atoms with Gasteiger partial charge in [0.25, 0.3) is 0 Å². The van der Waals surface area contributed by atoms with Crippen LogP contribution in [0.15, 0.2) is 11.6 Å². The first-order valence-corrected chi connectivity index (χ1v) is 5.49. The molecule has 1 aliphatic heterocycles. The molecule has 5 heteroatoms. The number of esters is 1. The highest BCUT2D eigenvalue weighted by Gasteiger charge is 2.74. The van der Waals surface area contributed by atoms with Crippen LogP contribution in [0.4, 0.5) is 0 Å². The Hall–Kier alpha value is -1.03. The van der Waals surface area contributed by atoms with E-state index in [0.717, 1.165) is 0 Å². The number of rotatable bonds is 2. The predicted octanol–water partition coefficient (Wildman–Crippen LogP) is 1.58. The van der Waals surface area contributed by atoms with Gasteiger partial charge in [-0.1, -0.05) is 19.9 Å². The molecule has 4 nitrogen and oxygen atoms in total. The van der Waals surface area contributed by atoms with Gasteiger partial charge >= 0.3 is 11.9 Å². The molecule has 2 rings (SSSR count). The number of hydrogen-bond acceptors (Lipinski definition) is 3. The third-order valence-corrected chi connectivity index (χ3v) is 4.49. The monoisotopic (exact) mass is 244 g/mol. The van der Waals surface area contributed by atoms with Crippen molar-refractivity contribution in [2.45, 2.75) is 25.1 Å². The van der Waals surface area contributed by atoms with Gasteiger partial charge in [0.2, 0.25) is 0 Å². The minimum atomic E-state index is -1.29. The Morgan fingerprint density at radius 2 is 2.25 bits per heavy atom. The normalized spacial score (nSPS) is 38.6. The largest absolute Gasteiger partial charge is 0.480 e. The summed E-state index contributed by atoms with van der Waals surface area (Å²) in [5.74, 6) is -1.71. The predicted molar refractivity (Wildman–Crippen MR) is 57.1 cm³/mol. The zero-order valence-electron chi connectivity index (χ0n) is 9.12. The van der Waals surface area contributed by atoms with Crippen molar-refractivity contribution in [1.82, 2.24) is 0 Å². The molecule has 0 aromatic carbocycles. The van der Waals surface area contributed by atoms with Gasteiger partial charge in [-0.15, -0.1) is 11.6 Å². The topological polar surface area (TPSA) is 63.6 Å². The molecule has 2 fully saturated rings. The molecule has 0 spiro atoms. The minimum absolute atomic E-state index is 0.320. The number of carboxylic acid groups (broad SMARTS) is 1. The molecular formula is C11H13ClO4. The molecule has 2 unspecified atom stereocenters. The SMILES string of the molecule is CC1(C)C(C=C2CCOC2=O)C1(Cl)C(=O)O. The summed E-state index contributed by atoms with van der Waals surface area (Å²) >= 11 is 6.07. The average Bonchev–Trinajstić information content (AvgIpc) is 2.50. The minimum Gasteiger partial charge on any atom is -0.480 e. The molecule has 16 heavy (non-hydrogen) atoms. The van der Waals surface area contributed by atoms with Gasteiger partial charge in [0.1, 0.15) is 0 Å². The maximum atomic E-state index is 11.2. The fraction of sp³-hybridized carbons (Fsp3) is 0.636. The van der Waals surface area contributed by atoms with Crippen LogP contribution in [0, 0.1) is 11.3 Å². The van der Waals surface area contributed by atoms with E-state index < -0.39 is 16.3 Å². The summed E-state index contributed by atoms with van der Waals surface area (Å²) in [6.07, 6.45) is 2.20. The van der Waals surface area contributed by atoms with Gasteiger partial charge < -0.3 is 9.84 Å². The van der Waals surface area contributed by atoms with Crippen LogP contribution in [0.1, 0.15) is 20.3 Å². The van der Waals surface area contributed by atoms with E-state index in [2.05, 4.69) is 0 Å². The Morgan fingerprint density at radius 1 is 1.62 bits per heavy atom. The molecule has 1 aliphatic carbocycles. The summed E-state index contributed by atoms with van der Waals surface area (Å²) in [6, 6.07) is 0. The molecule has 0 aromatic rings. The van der Waals surface area contributed by atoms with Gasteiger partial charge in [0, 0.05) is 23.3 Å². The van der Waals surface area contributed by atoms with Crippen molar-refractivity contribution >= 4 is 23.5 Å². The van der Waals surface area contributed by atoms with Crippen LogP contribution in [-0.2, 0) is 14.3 Å². The second-order valence-corrected chi connectivity index (χ2v) is 5.39. The van der Waals surface area contributed by atoms with Crippen molar-refractivity contribution in [3.05, 3.63) is 11.6 Å². The quantitative estimate of drug-likeness (QED) is 0.455. The number of carbonyl (C=O) groups is 2. The molecular weight excluding hydrogens is 232 g/mol. The van der Waals surface area contributed by atoms with Crippen LogP contribution in [-0.4, -0.2) is 28.5 Å². The number of alkyl halides is 1. The molecule has 88 valence electrons. The summed E-state index contributed by atoms with van der Waals surface area (Å²) in [6.45, 7) is 3.95. The van der Waals surface area contributed by atoms with E-state index in [-0.39, 0.29) is 11.9 Å². The lowest BCUT2D eigenvalue weighted by Gasteiger charge is -2.03. The maximum Gasteiger partial charge on any atom is 0.333 e. The van der Waals surface area contributed by atoms with Crippen LogP contribution in [0.2, 0.25) is 0 Å². The lowest BCUT2D eigenvalue weighted by atomic mass is 10.1. The highest BCUT2D eigenvalue weighted by Crippen LogP contribution is 2.67. The Labute approximate surface area is 98.2 Å². The fourth-order valence-corrected chi connectivity index (χ4v) is 2.68. The van der Waals surface area contributed by atoms with E-state index in [1.807, 2.05) is 0 Å². The van der Waals surface area contributed by atoms with E-state index in [9.17, 15) is 9.59 Å². The third kappa shape index (κ3) is 1.29. The van der Waals surface area contributed by atoms with Crippen LogP contribution in [0.3, 0.4) is 0 Å². The van der Waals surface area contributed by atoms with Crippen molar-refractivity contribution in [3.63, 3.8) is 0 Å². The second kappa shape index (κ2) is 3.23. The summed E-state index contributed by atoms with van der Waals surface area (Å²) in [7, 11) is 0. The van der Waals surface area contributed by atoms with Crippen molar-refractivity contribution in [3.8, 4) is 0 Å². The van der Waals surface area contributed by atoms with Gasteiger partial charge in [-0.25, -0.2) is 4.79 Å². The smallest absolute Gasteiger partial charge is 0.333 e. The summed E-state index contributed by atoms with van der Waals surface area (Å²) in [5, 5.41) is 9.08. The average molecular weight is 245 g/mol. The summed E-state index contributed by atoms with van der Waals surface area (Å²) in [4.78, 5) is 21.0. The third-order valence-electron chi connectivity index (χ3n) is 3.61. The number of carboxylic acids is 1. The van der Waals surface area contributed by atoms with E-state index in [0.29, 0.717) is 18.6 Å². The second-order valence-electron chi connectivity index (χ2n) is 4.79. The lowest BCUT2D eigenvalue weighted by molar-refractivity contribution is -0.138. The fourth-order valence-electron chi connectivity index (χ4n) is 2.28. The number of hydrogen-bond donors (Lipinski definition) is 1. The molecule has 0 amide bonds. The number of cyclic esters (lactones) is 1. The van der Waals surface area contributed by atoms with Crippen molar-refractivity contribution in [2.75, 3.05) is 6.61 Å². The van der Waals surface area contributed by atoms with E-state index in [1.165, 1.54) is 0 Å². The van der Waals surface area contributed by atoms with Crippen molar-refractivity contribution in [2.24, 2.45) is 11.3 Å². The van der Waals surface area contributed by atoms with Crippen molar-refractivity contribution in [1.29, 1.82) is 0 Å². The lowest BCUT2D eigenvalue weighted by Crippen LogP contribution is -2.21. The van der Waals surface area contributed by atoms with Crippen LogP contribution in [0.25, 0.3) is 0 Å². The van der Waals surface area contributed by atoms with Gasteiger partial charge in [-0.2, -0.15) is 0 Å². The molecule has 1 N–H and O–H groups in total. The number of aliphatic carboxylic acids is 1. The molecule has 2 atom stereocenters. The Morgan fingerprint density at radius 3 is 2.62 bits per heavy atom. The first kappa shape index (κ1) is 11.5. The Bertz CT molecular complexity index is 399. The first-order valence-electron chi connectivity index (χ1n) is 5.12. The van der Waals surface area contributed by atoms with E-state index in [4.69, 9.17) is 21.4 Å². The summed E-state index contributed by atoms with van der Waals surface area (Å²) in [5.41, 5.74) is 0.0119. The molecule has 1 heterocycles. The van der Waals surface area contributed by atoms with Crippen molar-refractivity contribution < 1.29 is 19.4 Å². The van der Waals surface area contributed by atoms with E-state index >= 15 is 0 Å². The highest BCUT2D eigenvalue weighted by atomic mass is 35.5. The highest BCUT2D eigenvalue weighted by molar-refractivity contribution is 6.37. The molecule has 1 saturated heterocycles. The van der Waals surface area contributed by atoms with Crippen LogP contribution >= 0.6 is 11.6 Å². The molecule has 0 radical (unpaired) electrons. The number of halogens is 1. The standard InChI is InChI=1S/C11H13ClO4/c1-10(2)7(11(10,12)9(14)15)5-6-3-4-16-8(6)13/h5,7H,3-4H2,1-2H3,(H,14,15). The number of ether oxygens (including phenoxy) is 1. The first-order chi connectivity index (χ1) is 7.31. The van der Waals surface area contributed by atoms with Crippen LogP contribution in [0.5, 0.6) is 0 Å². The van der Waals surface area contributed by atoms with Crippen LogP contribution < -0.4 is 0 Å². The van der Waals surface area contributed by atoms with Gasteiger partial charge in [-0.05, 0) is 0 Å². The molecule has 2 aliphatic rings.